The SMILES string of the molecule is CCCC[C@H](NC(=O)CCc1ccc(OC(=O)[C@@H](N)CCCC)cc1)C(=O)O. The maximum atomic E-state index is 12.0. The molecule has 2 atom stereocenters. The minimum absolute atomic E-state index is 0.191. The first-order valence-electron chi connectivity index (χ1n) is 9.95. The van der Waals surface area contributed by atoms with E-state index in [4.69, 9.17) is 15.6 Å². The van der Waals surface area contributed by atoms with Crippen LogP contribution in [0.3, 0.4) is 0 Å². The Bertz CT molecular complexity index is 630. The molecule has 0 aliphatic carbocycles. The molecule has 28 heavy (non-hydrogen) atoms. The van der Waals surface area contributed by atoms with Crippen LogP contribution in [0.15, 0.2) is 24.3 Å². The average molecular weight is 392 g/mol. The van der Waals surface area contributed by atoms with Gasteiger partial charge in [0.25, 0.3) is 0 Å². The minimum Gasteiger partial charge on any atom is -0.480 e. The molecule has 7 nitrogen and oxygen atoms in total. The zero-order chi connectivity index (χ0) is 20.9. The highest BCUT2D eigenvalue weighted by Gasteiger charge is 2.19. The van der Waals surface area contributed by atoms with Crippen LogP contribution >= 0.6 is 0 Å². The van der Waals surface area contributed by atoms with Gasteiger partial charge in [-0.05, 0) is 37.0 Å². The third-order valence-electron chi connectivity index (χ3n) is 4.43. The highest BCUT2D eigenvalue weighted by atomic mass is 16.5. The Morgan fingerprint density at radius 3 is 2.25 bits per heavy atom. The van der Waals surface area contributed by atoms with Crippen molar-refractivity contribution in [3.05, 3.63) is 29.8 Å². The van der Waals surface area contributed by atoms with Crippen molar-refractivity contribution in [2.75, 3.05) is 0 Å². The molecule has 0 saturated carbocycles. The molecular weight excluding hydrogens is 360 g/mol. The summed E-state index contributed by atoms with van der Waals surface area (Å²) in [7, 11) is 0. The number of carbonyl (C=O) groups excluding carboxylic acids is 2. The summed E-state index contributed by atoms with van der Waals surface area (Å²) in [6.07, 6.45) is 5.15. The quantitative estimate of drug-likeness (QED) is 0.351. The zero-order valence-electron chi connectivity index (χ0n) is 16.8. The Kier molecular flexibility index (Phi) is 10.9. The van der Waals surface area contributed by atoms with E-state index in [1.165, 1.54) is 0 Å². The van der Waals surface area contributed by atoms with Gasteiger partial charge in [-0.15, -0.1) is 0 Å². The maximum Gasteiger partial charge on any atom is 0.328 e. The Hall–Kier alpha value is -2.41. The van der Waals surface area contributed by atoms with Crippen molar-refractivity contribution in [3.8, 4) is 5.75 Å². The summed E-state index contributed by atoms with van der Waals surface area (Å²) < 4.78 is 5.26. The number of hydrogen-bond donors (Lipinski definition) is 3. The Labute approximate surface area is 166 Å². The molecule has 0 spiro atoms. The molecule has 0 radical (unpaired) electrons. The lowest BCUT2D eigenvalue weighted by atomic mass is 10.1. The number of carboxylic acids is 1. The summed E-state index contributed by atoms with van der Waals surface area (Å²) in [5.41, 5.74) is 6.69. The van der Waals surface area contributed by atoms with Crippen LogP contribution in [-0.4, -0.2) is 35.0 Å². The molecule has 0 unspecified atom stereocenters. The zero-order valence-corrected chi connectivity index (χ0v) is 16.8. The average Bonchev–Trinajstić information content (AvgIpc) is 2.68. The second-order valence-corrected chi connectivity index (χ2v) is 6.91. The number of amides is 1. The van der Waals surface area contributed by atoms with Gasteiger partial charge >= 0.3 is 11.9 Å². The summed E-state index contributed by atoms with van der Waals surface area (Å²) in [6.45, 7) is 4.00. The van der Waals surface area contributed by atoms with Crippen molar-refractivity contribution in [2.45, 2.75) is 77.3 Å². The first-order chi connectivity index (χ1) is 13.4. The molecule has 156 valence electrons. The number of carboxylic acid groups (broad SMARTS) is 1. The van der Waals surface area contributed by atoms with Crippen LogP contribution in [0, 0.1) is 0 Å². The van der Waals surface area contributed by atoms with Gasteiger partial charge in [0.15, 0.2) is 0 Å². The van der Waals surface area contributed by atoms with E-state index in [-0.39, 0.29) is 12.3 Å². The molecule has 1 amide bonds. The summed E-state index contributed by atoms with van der Waals surface area (Å²) in [4.78, 5) is 35.1. The molecule has 0 aliphatic rings. The van der Waals surface area contributed by atoms with Crippen molar-refractivity contribution in [1.29, 1.82) is 0 Å². The van der Waals surface area contributed by atoms with E-state index in [0.29, 0.717) is 25.0 Å². The number of ether oxygens (including phenoxy) is 1. The fourth-order valence-electron chi connectivity index (χ4n) is 2.65. The molecule has 0 heterocycles. The van der Waals surface area contributed by atoms with Crippen LogP contribution in [-0.2, 0) is 20.8 Å². The first kappa shape index (κ1) is 23.6. The monoisotopic (exact) mass is 392 g/mol. The number of rotatable bonds is 13. The van der Waals surface area contributed by atoms with Gasteiger partial charge < -0.3 is 20.9 Å². The van der Waals surface area contributed by atoms with Crippen LogP contribution in [0.25, 0.3) is 0 Å². The van der Waals surface area contributed by atoms with Crippen LogP contribution in [0.4, 0.5) is 0 Å². The predicted octanol–water partition coefficient (Wildman–Crippen LogP) is 2.80. The number of nitrogens with one attached hydrogen (secondary N) is 1. The number of nitrogens with two attached hydrogens (primary N) is 1. The molecule has 1 rings (SSSR count). The molecule has 0 bridgehead atoms. The van der Waals surface area contributed by atoms with Gasteiger partial charge in [0.2, 0.25) is 5.91 Å². The first-order valence-corrected chi connectivity index (χ1v) is 9.95. The van der Waals surface area contributed by atoms with E-state index < -0.39 is 24.0 Å². The fourth-order valence-corrected chi connectivity index (χ4v) is 2.65. The molecular formula is C21H32N2O5. The van der Waals surface area contributed by atoms with Crippen LogP contribution < -0.4 is 15.8 Å². The molecule has 0 aliphatic heterocycles. The summed E-state index contributed by atoms with van der Waals surface area (Å²) in [6, 6.07) is 5.42. The molecule has 1 aromatic carbocycles. The fraction of sp³-hybridized carbons (Fsp3) is 0.571. The maximum absolute atomic E-state index is 12.0. The van der Waals surface area contributed by atoms with Crippen LogP contribution in [0.5, 0.6) is 5.75 Å². The van der Waals surface area contributed by atoms with Crippen molar-refractivity contribution in [3.63, 3.8) is 0 Å². The number of aliphatic carboxylic acids is 1. The van der Waals surface area contributed by atoms with E-state index >= 15 is 0 Å². The molecule has 0 aromatic heterocycles. The van der Waals surface area contributed by atoms with Gasteiger partial charge in [-0.25, -0.2) is 9.59 Å². The van der Waals surface area contributed by atoms with Gasteiger partial charge in [-0.1, -0.05) is 51.7 Å². The number of hydrogen-bond acceptors (Lipinski definition) is 5. The molecule has 0 fully saturated rings. The highest BCUT2D eigenvalue weighted by molar-refractivity contribution is 5.83. The normalized spacial score (nSPS) is 12.8. The van der Waals surface area contributed by atoms with E-state index in [0.717, 1.165) is 31.2 Å². The van der Waals surface area contributed by atoms with E-state index in [2.05, 4.69) is 5.32 Å². The smallest absolute Gasteiger partial charge is 0.328 e. The standard InChI is InChI=1S/C21H32N2O5/c1-3-5-7-17(22)21(27)28-16-12-9-15(10-13-16)11-14-19(24)23-18(20(25)26)8-6-4-2/h9-10,12-13,17-18H,3-8,11,14,22H2,1-2H3,(H,23,24)(H,25,26)/t17-,18-/m0/s1. The topological polar surface area (TPSA) is 119 Å². The third-order valence-corrected chi connectivity index (χ3v) is 4.43. The Balaban J connectivity index is 2.46. The summed E-state index contributed by atoms with van der Waals surface area (Å²) in [5, 5.41) is 11.7. The van der Waals surface area contributed by atoms with E-state index in [1.807, 2.05) is 13.8 Å². The van der Waals surface area contributed by atoms with Gasteiger partial charge in [0.1, 0.15) is 17.8 Å². The lowest BCUT2D eigenvalue weighted by molar-refractivity contribution is -0.142. The Morgan fingerprint density at radius 1 is 1.07 bits per heavy atom. The van der Waals surface area contributed by atoms with Gasteiger partial charge in [0, 0.05) is 6.42 Å². The molecule has 7 heteroatoms. The minimum atomic E-state index is -1.01. The van der Waals surface area contributed by atoms with Crippen LogP contribution in [0.1, 0.15) is 64.4 Å². The number of esters is 1. The third kappa shape index (κ3) is 8.99. The van der Waals surface area contributed by atoms with E-state index in [1.54, 1.807) is 24.3 Å². The van der Waals surface area contributed by atoms with Crippen LogP contribution in [0.2, 0.25) is 0 Å². The Morgan fingerprint density at radius 2 is 1.68 bits per heavy atom. The molecule has 4 N–H and O–H groups in total. The van der Waals surface area contributed by atoms with Crippen molar-refractivity contribution >= 4 is 17.8 Å². The largest absolute Gasteiger partial charge is 0.480 e. The number of benzene rings is 1. The van der Waals surface area contributed by atoms with Crippen molar-refractivity contribution < 1.29 is 24.2 Å². The number of aryl methyl sites for hydroxylation is 1. The number of unbranched alkanes of at least 4 members (excludes halogenated alkanes) is 2. The predicted molar refractivity (Wildman–Crippen MR) is 107 cm³/mol. The second-order valence-electron chi connectivity index (χ2n) is 6.91. The van der Waals surface area contributed by atoms with Gasteiger partial charge in [-0.3, -0.25) is 4.79 Å². The second kappa shape index (κ2) is 12.9. The summed E-state index contributed by atoms with van der Waals surface area (Å²) in [5.74, 6) is -1.34. The molecule has 0 saturated heterocycles. The molecule has 1 aromatic rings. The lowest BCUT2D eigenvalue weighted by Gasteiger charge is -2.14. The highest BCUT2D eigenvalue weighted by Crippen LogP contribution is 2.15. The van der Waals surface area contributed by atoms with Crippen molar-refractivity contribution in [2.24, 2.45) is 5.73 Å². The van der Waals surface area contributed by atoms with E-state index in [9.17, 15) is 14.4 Å². The number of carbonyl (C=O) groups is 3. The van der Waals surface area contributed by atoms with Crippen molar-refractivity contribution in [1.82, 2.24) is 5.32 Å². The van der Waals surface area contributed by atoms with Gasteiger partial charge in [-0.2, -0.15) is 0 Å². The summed E-state index contributed by atoms with van der Waals surface area (Å²) >= 11 is 0. The van der Waals surface area contributed by atoms with Gasteiger partial charge in [0.05, 0.1) is 0 Å². The lowest BCUT2D eigenvalue weighted by Crippen LogP contribution is -2.40.